The third kappa shape index (κ3) is 7.22. The minimum absolute atomic E-state index is 0.370. The Balaban J connectivity index is 2.00. The molecule has 1 N–H and O–H groups in total. The van der Waals surface area contributed by atoms with Crippen molar-refractivity contribution in [2.24, 2.45) is 0 Å². The third-order valence-corrected chi connectivity index (χ3v) is 3.20. The fraction of sp³-hybridized carbons (Fsp3) is 0.500. The molecule has 0 aromatic heterocycles. The van der Waals surface area contributed by atoms with Gasteiger partial charge in [-0.15, -0.1) is 0 Å². The molecule has 0 aliphatic rings. The first kappa shape index (κ1) is 14.9. The summed E-state index contributed by atoms with van der Waals surface area (Å²) >= 11 is 1.88. The van der Waals surface area contributed by atoms with Crippen molar-refractivity contribution in [3.8, 4) is 5.75 Å². The van der Waals surface area contributed by atoms with E-state index in [1.165, 1.54) is 18.6 Å². The maximum atomic E-state index is 11.4. The maximum absolute atomic E-state index is 11.4. The van der Waals surface area contributed by atoms with Crippen molar-refractivity contribution in [3.05, 3.63) is 30.3 Å². The van der Waals surface area contributed by atoms with Crippen LogP contribution < -0.4 is 10.1 Å². The molecule has 0 saturated heterocycles. The molecule has 0 saturated carbocycles. The SMILES string of the molecule is CSCCCCCCNC(=O)Oc1ccccc1. The Bertz CT molecular complexity index is 330. The van der Waals surface area contributed by atoms with Gasteiger partial charge in [0, 0.05) is 6.54 Å². The molecule has 0 unspecified atom stereocenters. The second-order valence-corrected chi connectivity index (χ2v) is 5.02. The van der Waals surface area contributed by atoms with Gasteiger partial charge in [0.15, 0.2) is 0 Å². The zero-order chi connectivity index (χ0) is 13.1. The van der Waals surface area contributed by atoms with Crippen LogP contribution in [0.1, 0.15) is 25.7 Å². The highest BCUT2D eigenvalue weighted by molar-refractivity contribution is 7.98. The summed E-state index contributed by atoms with van der Waals surface area (Å²) in [7, 11) is 0. The van der Waals surface area contributed by atoms with Gasteiger partial charge in [-0.2, -0.15) is 11.8 Å². The Hall–Kier alpha value is -1.16. The number of carbonyl (C=O) groups is 1. The van der Waals surface area contributed by atoms with Crippen molar-refractivity contribution in [2.75, 3.05) is 18.6 Å². The molecule has 0 radical (unpaired) electrons. The van der Waals surface area contributed by atoms with Gasteiger partial charge in [0.1, 0.15) is 5.75 Å². The fourth-order valence-electron chi connectivity index (χ4n) is 1.55. The molecule has 18 heavy (non-hydrogen) atoms. The predicted molar refractivity (Wildman–Crippen MR) is 77.3 cm³/mol. The zero-order valence-corrected chi connectivity index (χ0v) is 11.7. The Morgan fingerprint density at radius 2 is 1.89 bits per heavy atom. The summed E-state index contributed by atoms with van der Waals surface area (Å²) < 4.78 is 5.11. The Kier molecular flexibility index (Phi) is 8.13. The van der Waals surface area contributed by atoms with Gasteiger partial charge >= 0.3 is 6.09 Å². The average molecular weight is 267 g/mol. The molecule has 1 aromatic rings. The number of thioether (sulfide) groups is 1. The van der Waals surface area contributed by atoms with Crippen molar-refractivity contribution in [2.45, 2.75) is 25.7 Å². The first-order valence-corrected chi connectivity index (χ1v) is 7.72. The number of hydrogen-bond acceptors (Lipinski definition) is 3. The second-order valence-electron chi connectivity index (χ2n) is 4.04. The van der Waals surface area contributed by atoms with Gasteiger partial charge in [0.25, 0.3) is 0 Å². The Labute approximate surface area is 113 Å². The normalized spacial score (nSPS) is 10.1. The molecule has 100 valence electrons. The van der Waals surface area contributed by atoms with Gasteiger partial charge in [0.05, 0.1) is 0 Å². The van der Waals surface area contributed by atoms with E-state index in [-0.39, 0.29) is 6.09 Å². The van der Waals surface area contributed by atoms with E-state index in [0.717, 1.165) is 12.8 Å². The second kappa shape index (κ2) is 9.83. The minimum Gasteiger partial charge on any atom is -0.410 e. The van der Waals surface area contributed by atoms with Crippen LogP contribution in [0.5, 0.6) is 5.75 Å². The van der Waals surface area contributed by atoms with Gasteiger partial charge < -0.3 is 10.1 Å². The fourth-order valence-corrected chi connectivity index (χ4v) is 2.04. The molecule has 0 heterocycles. The van der Waals surface area contributed by atoms with E-state index < -0.39 is 0 Å². The molecule has 3 nitrogen and oxygen atoms in total. The zero-order valence-electron chi connectivity index (χ0n) is 10.9. The smallest absolute Gasteiger partial charge is 0.410 e. The van der Waals surface area contributed by atoms with Gasteiger partial charge in [-0.1, -0.05) is 31.0 Å². The summed E-state index contributed by atoms with van der Waals surface area (Å²) in [4.78, 5) is 11.4. The molecule has 0 aliphatic carbocycles. The average Bonchev–Trinajstić information content (AvgIpc) is 2.39. The highest BCUT2D eigenvalue weighted by Gasteiger charge is 2.02. The van der Waals surface area contributed by atoms with Gasteiger partial charge in [-0.05, 0) is 37.0 Å². The van der Waals surface area contributed by atoms with Crippen LogP contribution in [-0.4, -0.2) is 24.6 Å². The first-order chi connectivity index (χ1) is 8.83. The van der Waals surface area contributed by atoms with E-state index >= 15 is 0 Å². The molecule has 0 atom stereocenters. The highest BCUT2D eigenvalue weighted by atomic mass is 32.2. The number of carbonyl (C=O) groups excluding carboxylic acids is 1. The van der Waals surface area contributed by atoms with Crippen LogP contribution in [0.4, 0.5) is 4.79 Å². The third-order valence-electron chi connectivity index (χ3n) is 2.50. The quantitative estimate of drug-likeness (QED) is 0.730. The Morgan fingerprint density at radius 3 is 2.61 bits per heavy atom. The van der Waals surface area contributed by atoms with Crippen molar-refractivity contribution >= 4 is 17.9 Å². The van der Waals surface area contributed by atoms with E-state index in [2.05, 4.69) is 11.6 Å². The van der Waals surface area contributed by atoms with Crippen LogP contribution in [0.3, 0.4) is 0 Å². The van der Waals surface area contributed by atoms with Crippen molar-refractivity contribution < 1.29 is 9.53 Å². The molecular weight excluding hydrogens is 246 g/mol. The van der Waals surface area contributed by atoms with Crippen molar-refractivity contribution in [1.82, 2.24) is 5.32 Å². The lowest BCUT2D eigenvalue weighted by atomic mass is 10.2. The molecule has 1 aromatic carbocycles. The molecule has 0 bridgehead atoms. The topological polar surface area (TPSA) is 38.3 Å². The van der Waals surface area contributed by atoms with Crippen LogP contribution in [0.15, 0.2) is 30.3 Å². The molecule has 1 amide bonds. The van der Waals surface area contributed by atoms with Crippen LogP contribution in [0.25, 0.3) is 0 Å². The number of rotatable bonds is 8. The number of amides is 1. The predicted octanol–water partition coefficient (Wildman–Crippen LogP) is 3.70. The summed E-state index contributed by atoms with van der Waals surface area (Å²) in [6, 6.07) is 9.10. The standard InChI is InChI=1S/C14H21NO2S/c1-18-12-8-3-2-7-11-15-14(16)17-13-9-5-4-6-10-13/h4-6,9-10H,2-3,7-8,11-12H2,1H3,(H,15,16). The summed E-state index contributed by atoms with van der Waals surface area (Å²) in [6.07, 6.45) is 6.42. The van der Waals surface area contributed by atoms with Crippen molar-refractivity contribution in [3.63, 3.8) is 0 Å². The van der Waals surface area contributed by atoms with E-state index in [1.807, 2.05) is 30.0 Å². The van der Waals surface area contributed by atoms with E-state index in [1.54, 1.807) is 12.1 Å². The molecular formula is C14H21NO2S. The number of nitrogens with one attached hydrogen (secondary N) is 1. The molecule has 0 fully saturated rings. The van der Waals surface area contributed by atoms with E-state index in [4.69, 9.17) is 4.74 Å². The number of unbranched alkanes of at least 4 members (excludes halogenated alkanes) is 3. The number of benzene rings is 1. The summed E-state index contributed by atoms with van der Waals surface area (Å²) in [6.45, 7) is 0.685. The lowest BCUT2D eigenvalue weighted by Crippen LogP contribution is -2.27. The summed E-state index contributed by atoms with van der Waals surface area (Å²) in [5.74, 6) is 1.80. The lowest BCUT2D eigenvalue weighted by molar-refractivity contribution is 0.200. The number of ether oxygens (including phenoxy) is 1. The largest absolute Gasteiger partial charge is 0.412 e. The molecule has 1 rings (SSSR count). The number of hydrogen-bond donors (Lipinski definition) is 1. The molecule has 0 aliphatic heterocycles. The summed E-state index contributed by atoms with van der Waals surface area (Å²) in [5.41, 5.74) is 0. The molecule has 0 spiro atoms. The molecule has 4 heteroatoms. The number of para-hydroxylation sites is 1. The summed E-state index contributed by atoms with van der Waals surface area (Å²) in [5, 5.41) is 2.76. The van der Waals surface area contributed by atoms with Crippen molar-refractivity contribution in [1.29, 1.82) is 0 Å². The highest BCUT2D eigenvalue weighted by Crippen LogP contribution is 2.08. The maximum Gasteiger partial charge on any atom is 0.412 e. The monoisotopic (exact) mass is 267 g/mol. The first-order valence-electron chi connectivity index (χ1n) is 6.32. The van der Waals surface area contributed by atoms with Crippen LogP contribution in [-0.2, 0) is 0 Å². The lowest BCUT2D eigenvalue weighted by Gasteiger charge is -2.06. The minimum atomic E-state index is -0.370. The van der Waals surface area contributed by atoms with Gasteiger partial charge in [-0.3, -0.25) is 0 Å². The van der Waals surface area contributed by atoms with E-state index in [9.17, 15) is 4.79 Å². The van der Waals surface area contributed by atoms with Gasteiger partial charge in [-0.25, -0.2) is 4.79 Å². The van der Waals surface area contributed by atoms with Crippen LogP contribution in [0.2, 0.25) is 0 Å². The van der Waals surface area contributed by atoms with Crippen LogP contribution in [0, 0.1) is 0 Å². The van der Waals surface area contributed by atoms with Crippen LogP contribution >= 0.6 is 11.8 Å². The van der Waals surface area contributed by atoms with Gasteiger partial charge in [0.2, 0.25) is 0 Å². The Morgan fingerprint density at radius 1 is 1.17 bits per heavy atom. The van der Waals surface area contributed by atoms with E-state index in [0.29, 0.717) is 12.3 Å².